The quantitative estimate of drug-likeness (QED) is 0.795. The summed E-state index contributed by atoms with van der Waals surface area (Å²) in [5.74, 6) is 0. The van der Waals surface area contributed by atoms with Gasteiger partial charge in [0.2, 0.25) is 0 Å². The lowest BCUT2D eigenvalue weighted by Crippen LogP contribution is -2.32. The molecule has 0 saturated carbocycles. The summed E-state index contributed by atoms with van der Waals surface area (Å²) in [6, 6.07) is 13.5. The molecule has 1 nitrogen and oxygen atoms in total. The van der Waals surface area contributed by atoms with Crippen molar-refractivity contribution in [3.63, 3.8) is 0 Å². The van der Waals surface area contributed by atoms with Crippen molar-refractivity contribution in [1.29, 1.82) is 0 Å². The minimum Gasteiger partial charge on any atom is -0.313 e. The van der Waals surface area contributed by atoms with Crippen molar-refractivity contribution in [2.75, 3.05) is 6.54 Å². The van der Waals surface area contributed by atoms with E-state index in [4.69, 9.17) is 0 Å². The van der Waals surface area contributed by atoms with Gasteiger partial charge in [-0.2, -0.15) is 11.3 Å². The molecule has 0 amide bonds. The molecule has 2 rings (SSSR count). The van der Waals surface area contributed by atoms with Gasteiger partial charge in [0, 0.05) is 6.04 Å². The Bertz CT molecular complexity index is 422. The maximum Gasteiger partial charge on any atom is 0.0105 e. The van der Waals surface area contributed by atoms with Gasteiger partial charge in [0.1, 0.15) is 0 Å². The maximum absolute atomic E-state index is 3.66. The Labute approximate surface area is 114 Å². The molecule has 18 heavy (non-hydrogen) atoms. The van der Waals surface area contributed by atoms with E-state index in [-0.39, 0.29) is 0 Å². The topological polar surface area (TPSA) is 12.0 Å². The fraction of sp³-hybridized carbons (Fsp3) is 0.375. The summed E-state index contributed by atoms with van der Waals surface area (Å²) in [7, 11) is 0. The lowest BCUT2D eigenvalue weighted by atomic mass is 10.0. The molecule has 2 aromatic rings. The van der Waals surface area contributed by atoms with Crippen molar-refractivity contribution < 1.29 is 0 Å². The smallest absolute Gasteiger partial charge is 0.0105 e. The van der Waals surface area contributed by atoms with E-state index in [0.717, 1.165) is 19.4 Å². The highest BCUT2D eigenvalue weighted by atomic mass is 32.1. The van der Waals surface area contributed by atoms with Crippen LogP contribution in [0.3, 0.4) is 0 Å². The van der Waals surface area contributed by atoms with E-state index < -0.39 is 0 Å². The first kappa shape index (κ1) is 13.3. The summed E-state index contributed by atoms with van der Waals surface area (Å²) < 4.78 is 0. The van der Waals surface area contributed by atoms with Gasteiger partial charge >= 0.3 is 0 Å². The second kappa shape index (κ2) is 7.34. The van der Waals surface area contributed by atoms with Crippen LogP contribution in [-0.2, 0) is 12.8 Å². The first-order chi connectivity index (χ1) is 8.88. The number of rotatable bonds is 7. The van der Waals surface area contributed by atoms with E-state index in [1.165, 1.54) is 17.5 Å². The predicted octanol–water partition coefficient (Wildman–Crippen LogP) is 3.90. The Hall–Kier alpha value is -1.12. The largest absolute Gasteiger partial charge is 0.313 e. The third-order valence-electron chi connectivity index (χ3n) is 3.24. The molecule has 1 atom stereocenters. The van der Waals surface area contributed by atoms with E-state index in [1.54, 1.807) is 11.3 Å². The summed E-state index contributed by atoms with van der Waals surface area (Å²) >= 11 is 1.78. The molecule has 0 radical (unpaired) electrons. The molecule has 1 heterocycles. The third kappa shape index (κ3) is 4.28. The zero-order chi connectivity index (χ0) is 12.6. The first-order valence-corrected chi connectivity index (χ1v) is 7.61. The van der Waals surface area contributed by atoms with Gasteiger partial charge in [-0.05, 0) is 53.8 Å². The van der Waals surface area contributed by atoms with Gasteiger partial charge < -0.3 is 5.32 Å². The highest BCUT2D eigenvalue weighted by Gasteiger charge is 2.06. The average Bonchev–Trinajstić information content (AvgIpc) is 2.92. The van der Waals surface area contributed by atoms with Gasteiger partial charge in [0.25, 0.3) is 0 Å². The summed E-state index contributed by atoms with van der Waals surface area (Å²) in [4.78, 5) is 0. The van der Waals surface area contributed by atoms with Crippen LogP contribution in [0.15, 0.2) is 47.2 Å². The fourth-order valence-electron chi connectivity index (χ4n) is 2.11. The van der Waals surface area contributed by atoms with Crippen LogP contribution in [0.1, 0.15) is 24.5 Å². The van der Waals surface area contributed by atoms with Crippen molar-refractivity contribution in [3.8, 4) is 0 Å². The van der Waals surface area contributed by atoms with Crippen molar-refractivity contribution in [3.05, 3.63) is 58.3 Å². The Morgan fingerprint density at radius 1 is 1.11 bits per heavy atom. The van der Waals surface area contributed by atoms with Crippen molar-refractivity contribution >= 4 is 11.3 Å². The second-order valence-corrected chi connectivity index (χ2v) is 5.41. The Morgan fingerprint density at radius 2 is 1.94 bits per heavy atom. The number of nitrogens with one attached hydrogen (secondary N) is 1. The van der Waals surface area contributed by atoms with Crippen molar-refractivity contribution in [2.24, 2.45) is 0 Å². The van der Waals surface area contributed by atoms with E-state index in [9.17, 15) is 0 Å². The molecule has 0 saturated heterocycles. The van der Waals surface area contributed by atoms with Crippen LogP contribution in [0.4, 0.5) is 0 Å². The molecular formula is C16H21NS. The summed E-state index contributed by atoms with van der Waals surface area (Å²) in [6.07, 6.45) is 3.44. The highest BCUT2D eigenvalue weighted by Crippen LogP contribution is 2.08. The van der Waals surface area contributed by atoms with Gasteiger partial charge in [-0.25, -0.2) is 0 Å². The average molecular weight is 259 g/mol. The van der Waals surface area contributed by atoms with E-state index >= 15 is 0 Å². The normalized spacial score (nSPS) is 12.5. The summed E-state index contributed by atoms with van der Waals surface area (Å²) in [6.45, 7) is 3.33. The molecule has 0 aliphatic heterocycles. The SMILES string of the molecule is CCC(Cc1ccccc1)NCCc1ccsc1. The Kier molecular flexibility index (Phi) is 5.43. The highest BCUT2D eigenvalue weighted by molar-refractivity contribution is 7.07. The zero-order valence-electron chi connectivity index (χ0n) is 10.9. The summed E-state index contributed by atoms with van der Waals surface area (Å²) in [5, 5.41) is 8.05. The van der Waals surface area contributed by atoms with E-state index in [2.05, 4.69) is 59.4 Å². The standard InChI is InChI=1S/C16H21NS/c1-2-16(12-14-6-4-3-5-7-14)17-10-8-15-9-11-18-13-15/h3-7,9,11,13,16-17H,2,8,10,12H2,1H3. The van der Waals surface area contributed by atoms with Gasteiger partial charge in [0.05, 0.1) is 0 Å². The van der Waals surface area contributed by atoms with Gasteiger partial charge in [-0.1, -0.05) is 37.3 Å². The van der Waals surface area contributed by atoms with E-state index in [1.807, 2.05) is 0 Å². The number of hydrogen-bond donors (Lipinski definition) is 1. The third-order valence-corrected chi connectivity index (χ3v) is 3.98. The lowest BCUT2D eigenvalue weighted by molar-refractivity contribution is 0.498. The van der Waals surface area contributed by atoms with Crippen LogP contribution in [0.2, 0.25) is 0 Å². The molecule has 0 bridgehead atoms. The molecule has 0 aliphatic rings. The van der Waals surface area contributed by atoms with Crippen LogP contribution in [0.5, 0.6) is 0 Å². The van der Waals surface area contributed by atoms with Crippen LogP contribution in [0, 0.1) is 0 Å². The molecule has 1 aromatic carbocycles. The Morgan fingerprint density at radius 3 is 2.61 bits per heavy atom. The van der Waals surface area contributed by atoms with Crippen LogP contribution in [-0.4, -0.2) is 12.6 Å². The molecule has 1 unspecified atom stereocenters. The molecule has 1 N–H and O–H groups in total. The van der Waals surface area contributed by atoms with Crippen LogP contribution >= 0.6 is 11.3 Å². The second-order valence-electron chi connectivity index (χ2n) is 4.63. The van der Waals surface area contributed by atoms with Crippen LogP contribution in [0.25, 0.3) is 0 Å². The zero-order valence-corrected chi connectivity index (χ0v) is 11.7. The number of hydrogen-bond acceptors (Lipinski definition) is 2. The minimum absolute atomic E-state index is 0.589. The number of thiophene rings is 1. The maximum atomic E-state index is 3.66. The number of benzene rings is 1. The lowest BCUT2D eigenvalue weighted by Gasteiger charge is -2.16. The molecule has 0 fully saturated rings. The molecule has 0 spiro atoms. The Balaban J connectivity index is 1.75. The summed E-state index contributed by atoms with van der Waals surface area (Å²) in [5.41, 5.74) is 2.87. The van der Waals surface area contributed by atoms with Gasteiger partial charge in [0.15, 0.2) is 0 Å². The van der Waals surface area contributed by atoms with E-state index in [0.29, 0.717) is 6.04 Å². The van der Waals surface area contributed by atoms with Crippen molar-refractivity contribution in [2.45, 2.75) is 32.2 Å². The van der Waals surface area contributed by atoms with Crippen LogP contribution < -0.4 is 5.32 Å². The predicted molar refractivity (Wildman–Crippen MR) is 80.3 cm³/mol. The monoisotopic (exact) mass is 259 g/mol. The van der Waals surface area contributed by atoms with Gasteiger partial charge in [-0.3, -0.25) is 0 Å². The molecular weight excluding hydrogens is 238 g/mol. The minimum atomic E-state index is 0.589. The van der Waals surface area contributed by atoms with Crippen molar-refractivity contribution in [1.82, 2.24) is 5.32 Å². The first-order valence-electron chi connectivity index (χ1n) is 6.67. The molecule has 1 aromatic heterocycles. The molecule has 2 heteroatoms. The molecule has 0 aliphatic carbocycles. The van der Waals surface area contributed by atoms with Gasteiger partial charge in [-0.15, -0.1) is 0 Å². The fourth-order valence-corrected chi connectivity index (χ4v) is 2.82. The molecule has 96 valence electrons.